The van der Waals surface area contributed by atoms with Crippen LogP contribution in [0.3, 0.4) is 0 Å². The van der Waals surface area contributed by atoms with Gasteiger partial charge in [0.15, 0.2) is 11.5 Å². The van der Waals surface area contributed by atoms with Crippen molar-refractivity contribution >= 4 is 28.5 Å². The van der Waals surface area contributed by atoms with E-state index in [2.05, 4.69) is 9.72 Å². The first-order chi connectivity index (χ1) is 14.4. The summed E-state index contributed by atoms with van der Waals surface area (Å²) < 4.78 is 36.1. The van der Waals surface area contributed by atoms with Crippen molar-refractivity contribution in [3.63, 3.8) is 0 Å². The number of hydrogen-bond acceptors (Lipinski definition) is 5. The zero-order valence-corrected chi connectivity index (χ0v) is 15.8. The number of fused-ring (bicyclic) bond motifs is 2. The lowest BCUT2D eigenvalue weighted by molar-refractivity contribution is -0.0512. The summed E-state index contributed by atoms with van der Waals surface area (Å²) in [5, 5.41) is 9.54. The molecule has 1 aliphatic rings. The standard InChI is InChI=1S/C21H16F2N2O5/c1-29-17-9-11(2-5-16(17)30-21(22)23)8-12-6-7-25-18(12)24-15-10-13(20(27)28)3-4-14(15)19(25)26/h2-5,8-10,21H,6-7H2,1H3,(H,27,28)/b12-8+. The van der Waals surface area contributed by atoms with Crippen LogP contribution in [0.1, 0.15) is 28.2 Å². The Kier molecular flexibility index (Phi) is 4.94. The van der Waals surface area contributed by atoms with Crippen LogP contribution in [0.4, 0.5) is 8.78 Å². The first kappa shape index (κ1) is 19.6. The maximum absolute atomic E-state index is 12.8. The summed E-state index contributed by atoms with van der Waals surface area (Å²) in [5.74, 6) is -0.587. The van der Waals surface area contributed by atoms with Crippen LogP contribution in [-0.2, 0) is 6.54 Å². The van der Waals surface area contributed by atoms with Crippen LogP contribution in [0.25, 0.3) is 22.6 Å². The highest BCUT2D eigenvalue weighted by Gasteiger charge is 2.22. The summed E-state index contributed by atoms with van der Waals surface area (Å²) in [6.07, 6.45) is 2.33. The number of aromatic nitrogens is 2. The molecule has 7 nitrogen and oxygen atoms in total. The molecule has 154 valence electrons. The van der Waals surface area contributed by atoms with Crippen molar-refractivity contribution in [3.8, 4) is 11.5 Å². The van der Waals surface area contributed by atoms with E-state index in [0.717, 1.165) is 5.57 Å². The van der Waals surface area contributed by atoms with Gasteiger partial charge >= 0.3 is 12.6 Å². The van der Waals surface area contributed by atoms with Crippen molar-refractivity contribution in [2.24, 2.45) is 0 Å². The zero-order valence-electron chi connectivity index (χ0n) is 15.8. The monoisotopic (exact) mass is 414 g/mol. The molecule has 0 aliphatic carbocycles. The van der Waals surface area contributed by atoms with Crippen LogP contribution in [0.15, 0.2) is 41.2 Å². The third kappa shape index (κ3) is 3.49. The fourth-order valence-corrected chi connectivity index (χ4v) is 3.46. The minimum atomic E-state index is -2.97. The van der Waals surface area contributed by atoms with E-state index in [0.29, 0.717) is 35.3 Å². The molecule has 0 saturated heterocycles. The molecule has 9 heteroatoms. The van der Waals surface area contributed by atoms with E-state index in [9.17, 15) is 23.5 Å². The molecule has 0 spiro atoms. The number of aromatic carboxylic acids is 1. The van der Waals surface area contributed by atoms with Crippen molar-refractivity contribution in [1.82, 2.24) is 9.55 Å². The largest absolute Gasteiger partial charge is 0.493 e. The predicted octanol–water partition coefficient (Wildman–Crippen LogP) is 3.65. The molecular weight excluding hydrogens is 398 g/mol. The summed E-state index contributed by atoms with van der Waals surface area (Å²) >= 11 is 0. The Labute approximate surface area is 168 Å². The summed E-state index contributed by atoms with van der Waals surface area (Å²) in [7, 11) is 1.35. The van der Waals surface area contributed by atoms with Gasteiger partial charge in [-0.2, -0.15) is 8.78 Å². The molecule has 0 atom stereocenters. The first-order valence-corrected chi connectivity index (χ1v) is 8.99. The Morgan fingerprint density at radius 3 is 2.73 bits per heavy atom. The number of allylic oxidation sites excluding steroid dienone is 1. The lowest BCUT2D eigenvalue weighted by Gasteiger charge is -2.10. The van der Waals surface area contributed by atoms with Gasteiger partial charge in [0.1, 0.15) is 5.82 Å². The fraction of sp³-hybridized carbons (Fsp3) is 0.190. The van der Waals surface area contributed by atoms with E-state index in [1.807, 2.05) is 0 Å². The SMILES string of the molecule is COc1cc(/C=C2\CCn3c2nc2cc(C(=O)O)ccc2c3=O)ccc1OC(F)F. The van der Waals surface area contributed by atoms with Crippen molar-refractivity contribution < 1.29 is 28.2 Å². The van der Waals surface area contributed by atoms with E-state index in [-0.39, 0.29) is 22.6 Å². The maximum atomic E-state index is 12.8. The van der Waals surface area contributed by atoms with Gasteiger partial charge in [0.05, 0.1) is 23.6 Å². The molecule has 3 aromatic rings. The van der Waals surface area contributed by atoms with Crippen molar-refractivity contribution in [1.29, 1.82) is 0 Å². The van der Waals surface area contributed by atoms with Gasteiger partial charge in [-0.25, -0.2) is 9.78 Å². The summed E-state index contributed by atoms with van der Waals surface area (Å²) in [4.78, 5) is 28.5. The van der Waals surface area contributed by atoms with Gasteiger partial charge in [0.25, 0.3) is 5.56 Å². The Morgan fingerprint density at radius 1 is 1.23 bits per heavy atom. The molecule has 1 aromatic heterocycles. The van der Waals surface area contributed by atoms with Gasteiger partial charge in [0.2, 0.25) is 0 Å². The number of carbonyl (C=O) groups is 1. The number of halogens is 2. The van der Waals surface area contributed by atoms with Gasteiger partial charge in [-0.15, -0.1) is 0 Å². The molecule has 0 saturated carbocycles. The van der Waals surface area contributed by atoms with Crippen LogP contribution in [0.2, 0.25) is 0 Å². The van der Waals surface area contributed by atoms with E-state index in [4.69, 9.17) is 4.74 Å². The van der Waals surface area contributed by atoms with Crippen molar-refractivity contribution in [2.75, 3.05) is 7.11 Å². The molecule has 0 bridgehead atoms. The minimum absolute atomic E-state index is 0.0437. The number of benzene rings is 2. The van der Waals surface area contributed by atoms with Gasteiger partial charge in [-0.1, -0.05) is 6.07 Å². The smallest absolute Gasteiger partial charge is 0.387 e. The minimum Gasteiger partial charge on any atom is -0.493 e. The Morgan fingerprint density at radius 2 is 2.03 bits per heavy atom. The van der Waals surface area contributed by atoms with Gasteiger partial charge in [-0.05, 0) is 54.0 Å². The molecule has 0 unspecified atom stereocenters. The third-order valence-electron chi connectivity index (χ3n) is 4.84. The molecule has 1 aliphatic heterocycles. The summed E-state index contributed by atoms with van der Waals surface area (Å²) in [5.41, 5.74) is 1.53. The van der Waals surface area contributed by atoms with Crippen LogP contribution >= 0.6 is 0 Å². The molecule has 2 heterocycles. The van der Waals surface area contributed by atoms with E-state index in [1.54, 1.807) is 22.8 Å². The third-order valence-corrected chi connectivity index (χ3v) is 4.84. The highest BCUT2D eigenvalue weighted by molar-refractivity contribution is 5.93. The van der Waals surface area contributed by atoms with Crippen LogP contribution in [0.5, 0.6) is 11.5 Å². The first-order valence-electron chi connectivity index (χ1n) is 8.99. The molecule has 0 radical (unpaired) electrons. The maximum Gasteiger partial charge on any atom is 0.387 e. The molecule has 2 aromatic carbocycles. The lowest BCUT2D eigenvalue weighted by atomic mass is 10.1. The number of methoxy groups -OCH3 is 1. The number of alkyl halides is 2. The number of carboxylic acids is 1. The van der Waals surface area contributed by atoms with Gasteiger partial charge < -0.3 is 14.6 Å². The quantitative estimate of drug-likeness (QED) is 0.686. The van der Waals surface area contributed by atoms with Crippen molar-refractivity contribution in [3.05, 3.63) is 63.7 Å². The number of carboxylic acid groups (broad SMARTS) is 1. The zero-order chi connectivity index (χ0) is 21.4. The normalized spacial score (nSPS) is 14.3. The van der Waals surface area contributed by atoms with Gasteiger partial charge in [0, 0.05) is 6.54 Å². The van der Waals surface area contributed by atoms with Crippen LogP contribution in [-0.4, -0.2) is 34.3 Å². The second-order valence-electron chi connectivity index (χ2n) is 6.64. The van der Waals surface area contributed by atoms with Crippen LogP contribution in [0, 0.1) is 0 Å². The highest BCUT2D eigenvalue weighted by Crippen LogP contribution is 2.33. The molecule has 0 fully saturated rings. The van der Waals surface area contributed by atoms with Gasteiger partial charge in [-0.3, -0.25) is 9.36 Å². The number of nitrogens with zero attached hydrogens (tertiary/aromatic N) is 2. The second-order valence-corrected chi connectivity index (χ2v) is 6.64. The summed E-state index contributed by atoms with van der Waals surface area (Å²) in [6, 6.07) is 8.74. The predicted molar refractivity (Wildman–Crippen MR) is 105 cm³/mol. The average Bonchev–Trinajstić information content (AvgIpc) is 3.11. The summed E-state index contributed by atoms with van der Waals surface area (Å²) in [6.45, 7) is -2.53. The lowest BCUT2D eigenvalue weighted by Crippen LogP contribution is -2.21. The van der Waals surface area contributed by atoms with E-state index >= 15 is 0 Å². The second kappa shape index (κ2) is 7.58. The topological polar surface area (TPSA) is 90.7 Å². The Hall–Kier alpha value is -3.75. The Balaban J connectivity index is 1.78. The number of hydrogen-bond donors (Lipinski definition) is 1. The highest BCUT2D eigenvalue weighted by atomic mass is 19.3. The molecular formula is C21H16F2N2O5. The van der Waals surface area contributed by atoms with E-state index in [1.165, 1.54) is 31.4 Å². The molecule has 4 rings (SSSR count). The molecule has 0 amide bonds. The number of rotatable bonds is 5. The van der Waals surface area contributed by atoms with E-state index < -0.39 is 12.6 Å². The Bertz CT molecular complexity index is 1250. The molecule has 1 N–H and O–H groups in total. The fourth-order valence-electron chi connectivity index (χ4n) is 3.46. The molecule has 30 heavy (non-hydrogen) atoms. The average molecular weight is 414 g/mol. The van der Waals surface area contributed by atoms with Crippen LogP contribution < -0.4 is 15.0 Å². The van der Waals surface area contributed by atoms with Crippen molar-refractivity contribution in [2.45, 2.75) is 19.6 Å². The number of ether oxygens (including phenoxy) is 2.